The third-order valence-electron chi connectivity index (χ3n) is 5.09. The maximum atomic E-state index is 13.1. The molecule has 1 aliphatic carbocycles. The van der Waals surface area contributed by atoms with E-state index >= 15 is 0 Å². The minimum atomic E-state index is -0.928. The van der Waals surface area contributed by atoms with Gasteiger partial charge in [0.1, 0.15) is 18.6 Å². The van der Waals surface area contributed by atoms with Gasteiger partial charge in [-0.15, -0.1) is 0 Å². The molecular formula is C22H32ClN5O5. The molecule has 0 saturated heterocycles. The van der Waals surface area contributed by atoms with Crippen LogP contribution in [0.5, 0.6) is 0 Å². The summed E-state index contributed by atoms with van der Waals surface area (Å²) in [6, 6.07) is 2.73. The second-order valence-electron chi connectivity index (χ2n) is 8.98. The average molecular weight is 482 g/mol. The van der Waals surface area contributed by atoms with Crippen molar-refractivity contribution in [2.75, 3.05) is 18.9 Å². The van der Waals surface area contributed by atoms with E-state index in [2.05, 4.69) is 21.5 Å². The van der Waals surface area contributed by atoms with E-state index in [9.17, 15) is 19.2 Å². The van der Waals surface area contributed by atoms with Crippen LogP contribution in [0.2, 0.25) is 5.02 Å². The van der Waals surface area contributed by atoms with Crippen molar-refractivity contribution in [1.29, 1.82) is 0 Å². The van der Waals surface area contributed by atoms with Gasteiger partial charge in [-0.25, -0.2) is 5.43 Å². The van der Waals surface area contributed by atoms with Crippen LogP contribution in [-0.2, 0) is 19.1 Å². The average Bonchev–Trinajstić information content (AvgIpc) is 3.56. The third kappa shape index (κ3) is 7.90. The molecule has 2 atom stereocenters. The highest BCUT2D eigenvalue weighted by Gasteiger charge is 2.41. The number of hydrogen-bond donors (Lipinski definition) is 5. The van der Waals surface area contributed by atoms with Gasteiger partial charge in [0.2, 0.25) is 5.91 Å². The van der Waals surface area contributed by atoms with Crippen molar-refractivity contribution in [3.63, 3.8) is 0 Å². The van der Waals surface area contributed by atoms with E-state index in [0.29, 0.717) is 5.69 Å². The summed E-state index contributed by atoms with van der Waals surface area (Å²) in [6.07, 6.45) is 1.57. The van der Waals surface area contributed by atoms with E-state index in [1.54, 1.807) is 27.7 Å². The Bertz CT molecular complexity index is 898. The highest BCUT2D eigenvalue weighted by molar-refractivity contribution is 6.33. The molecule has 0 aliphatic heterocycles. The third-order valence-corrected chi connectivity index (χ3v) is 5.42. The number of ether oxygens (including phenoxy) is 1. The summed E-state index contributed by atoms with van der Waals surface area (Å²) in [5.74, 6) is -1.99. The lowest BCUT2D eigenvalue weighted by Crippen LogP contribution is -2.59. The fourth-order valence-electron chi connectivity index (χ4n) is 3.12. The van der Waals surface area contributed by atoms with E-state index < -0.39 is 41.2 Å². The summed E-state index contributed by atoms with van der Waals surface area (Å²) in [7, 11) is 0. The number of rotatable bonds is 10. The van der Waals surface area contributed by atoms with Crippen LogP contribution in [0.4, 0.5) is 5.69 Å². The van der Waals surface area contributed by atoms with Crippen molar-refractivity contribution < 1.29 is 23.9 Å². The molecule has 0 spiro atoms. The zero-order chi connectivity index (χ0) is 24.8. The molecule has 1 fully saturated rings. The van der Waals surface area contributed by atoms with Crippen LogP contribution < -0.4 is 27.2 Å². The number of esters is 1. The normalized spacial score (nSPS) is 15.2. The van der Waals surface area contributed by atoms with Gasteiger partial charge >= 0.3 is 5.97 Å². The van der Waals surface area contributed by atoms with Crippen molar-refractivity contribution >= 4 is 41.0 Å². The smallest absolute Gasteiger partial charge is 0.321 e. The molecule has 182 valence electrons. The zero-order valence-electron chi connectivity index (χ0n) is 19.3. The number of nitrogens with one attached hydrogen (secondary N) is 4. The minimum absolute atomic E-state index is 0.0226. The first-order chi connectivity index (χ1) is 15.4. The quantitative estimate of drug-likeness (QED) is 0.191. The molecular weight excluding hydrogens is 450 g/mol. The molecule has 1 unspecified atom stereocenters. The fraction of sp³-hybridized carbons (Fsp3) is 0.545. The number of carbonyl (C=O) groups excluding carboxylic acids is 4. The molecule has 11 heteroatoms. The molecule has 1 saturated carbocycles. The number of benzene rings is 1. The molecule has 0 heterocycles. The molecule has 6 N–H and O–H groups in total. The van der Waals surface area contributed by atoms with Crippen molar-refractivity contribution in [3.8, 4) is 0 Å². The number of anilines is 1. The Morgan fingerprint density at radius 3 is 2.36 bits per heavy atom. The zero-order valence-corrected chi connectivity index (χ0v) is 20.0. The lowest BCUT2D eigenvalue weighted by atomic mass is 9.85. The van der Waals surface area contributed by atoms with Crippen LogP contribution in [0.25, 0.3) is 0 Å². The molecule has 0 aromatic heterocycles. The number of amides is 3. The Labute approximate surface area is 198 Å². The number of hydrogen-bond acceptors (Lipinski definition) is 7. The largest absolute Gasteiger partial charge is 0.465 e. The first-order valence-corrected chi connectivity index (χ1v) is 11.2. The van der Waals surface area contributed by atoms with Crippen LogP contribution in [0.1, 0.15) is 50.9 Å². The molecule has 0 radical (unpaired) electrons. The molecule has 1 aliphatic rings. The molecule has 33 heavy (non-hydrogen) atoms. The summed E-state index contributed by atoms with van der Waals surface area (Å²) in [5.41, 5.74) is 10.6. The summed E-state index contributed by atoms with van der Waals surface area (Å²) in [5, 5.41) is 5.73. The molecule has 2 rings (SSSR count). The standard InChI is InChI=1S/C22H32ClN5O5/c1-5-33-16(29)11-25-28-20(31)17(12-6-7-12)26-21(32)18(22(2,3)4)27-19(30)13-8-9-15(24)14(23)10-13/h8-10,12,17-18,25H,5-7,11,24H2,1-4H3,(H,26,32)(H,27,30)(H,28,31)/t17?,18-/m1/s1. The number of carbonyl (C=O) groups is 4. The summed E-state index contributed by atoms with van der Waals surface area (Å²) >= 11 is 6.01. The van der Waals surface area contributed by atoms with Crippen LogP contribution in [-0.4, -0.2) is 48.9 Å². The van der Waals surface area contributed by atoms with Gasteiger partial charge in [-0.2, -0.15) is 0 Å². The number of hydrazine groups is 1. The highest BCUT2D eigenvalue weighted by atomic mass is 35.5. The van der Waals surface area contributed by atoms with Gasteiger partial charge < -0.3 is 21.1 Å². The van der Waals surface area contributed by atoms with Crippen molar-refractivity contribution in [2.24, 2.45) is 11.3 Å². The van der Waals surface area contributed by atoms with Crippen LogP contribution in [0.15, 0.2) is 18.2 Å². The number of nitrogens with two attached hydrogens (primary N) is 1. The first kappa shape index (κ1) is 26.4. The Balaban J connectivity index is 2.05. The van der Waals surface area contributed by atoms with Gasteiger partial charge in [-0.05, 0) is 49.3 Å². The maximum absolute atomic E-state index is 13.1. The molecule has 1 aromatic rings. The summed E-state index contributed by atoms with van der Waals surface area (Å²) < 4.78 is 4.79. The van der Waals surface area contributed by atoms with E-state index in [-0.39, 0.29) is 29.7 Å². The van der Waals surface area contributed by atoms with Gasteiger partial charge in [0.15, 0.2) is 0 Å². The summed E-state index contributed by atoms with van der Waals surface area (Å²) in [4.78, 5) is 50.0. The maximum Gasteiger partial charge on any atom is 0.321 e. The Morgan fingerprint density at radius 1 is 1.15 bits per heavy atom. The fourth-order valence-corrected chi connectivity index (χ4v) is 3.30. The predicted octanol–water partition coefficient (Wildman–Crippen LogP) is 1.15. The predicted molar refractivity (Wildman–Crippen MR) is 124 cm³/mol. The Kier molecular flexibility index (Phi) is 9.07. The van der Waals surface area contributed by atoms with Gasteiger partial charge in [0.05, 0.1) is 17.3 Å². The number of nitrogen functional groups attached to an aromatic ring is 1. The Morgan fingerprint density at radius 2 is 1.82 bits per heavy atom. The van der Waals surface area contributed by atoms with Crippen molar-refractivity contribution in [2.45, 2.75) is 52.6 Å². The minimum Gasteiger partial charge on any atom is -0.465 e. The van der Waals surface area contributed by atoms with E-state index in [1.165, 1.54) is 18.2 Å². The molecule has 1 aromatic carbocycles. The van der Waals surface area contributed by atoms with Gasteiger partial charge in [0, 0.05) is 5.56 Å². The molecule has 0 bridgehead atoms. The van der Waals surface area contributed by atoms with Crippen LogP contribution in [0, 0.1) is 11.3 Å². The van der Waals surface area contributed by atoms with E-state index in [1.807, 2.05) is 0 Å². The van der Waals surface area contributed by atoms with Crippen LogP contribution >= 0.6 is 11.6 Å². The van der Waals surface area contributed by atoms with E-state index in [4.69, 9.17) is 22.1 Å². The van der Waals surface area contributed by atoms with Crippen molar-refractivity contribution in [1.82, 2.24) is 21.5 Å². The van der Waals surface area contributed by atoms with Gasteiger partial charge in [-0.1, -0.05) is 32.4 Å². The lowest BCUT2D eigenvalue weighted by Gasteiger charge is -2.32. The topological polar surface area (TPSA) is 152 Å². The first-order valence-electron chi connectivity index (χ1n) is 10.8. The second kappa shape index (κ2) is 11.3. The summed E-state index contributed by atoms with van der Waals surface area (Å²) in [6.45, 7) is 7.14. The van der Waals surface area contributed by atoms with Gasteiger partial charge in [-0.3, -0.25) is 24.6 Å². The monoisotopic (exact) mass is 481 g/mol. The van der Waals surface area contributed by atoms with E-state index in [0.717, 1.165) is 12.8 Å². The van der Waals surface area contributed by atoms with Gasteiger partial charge in [0.25, 0.3) is 11.8 Å². The lowest BCUT2D eigenvalue weighted by molar-refractivity contribution is -0.142. The SMILES string of the molecule is CCOC(=O)CNNC(=O)C(NC(=O)[C@@H](NC(=O)c1ccc(N)c(Cl)c1)C(C)(C)C)C1CC1. The van der Waals surface area contributed by atoms with Crippen LogP contribution in [0.3, 0.4) is 0 Å². The number of halogens is 1. The second-order valence-corrected chi connectivity index (χ2v) is 9.39. The Hall–Kier alpha value is -2.85. The molecule has 10 nitrogen and oxygen atoms in total. The molecule has 3 amide bonds. The van der Waals surface area contributed by atoms with Crippen molar-refractivity contribution in [3.05, 3.63) is 28.8 Å². The highest BCUT2D eigenvalue weighted by Crippen LogP contribution is 2.33.